The smallest absolute Gasteiger partial charge is 0.234 e. The predicted molar refractivity (Wildman–Crippen MR) is 84.3 cm³/mol. The van der Waals surface area contributed by atoms with Crippen LogP contribution in [0.3, 0.4) is 0 Å². The summed E-state index contributed by atoms with van der Waals surface area (Å²) in [5.41, 5.74) is 7.67. The van der Waals surface area contributed by atoms with Gasteiger partial charge in [-0.25, -0.2) is 9.97 Å². The molecule has 124 valence electrons. The normalized spacial score (nSPS) is 18.6. The lowest BCUT2D eigenvalue weighted by molar-refractivity contribution is -0.124. The number of aryl methyl sites for hydroxylation is 2. The van der Waals surface area contributed by atoms with Crippen LogP contribution < -0.4 is 11.1 Å². The molecule has 3 rings (SSSR count). The van der Waals surface area contributed by atoms with Gasteiger partial charge in [-0.05, 0) is 50.8 Å². The zero-order chi connectivity index (χ0) is 16.2. The molecule has 1 aliphatic heterocycles. The zero-order valence-electron chi connectivity index (χ0n) is 13.3. The number of carbonyl (C=O) groups is 2. The van der Waals surface area contributed by atoms with E-state index in [0.29, 0.717) is 18.9 Å². The van der Waals surface area contributed by atoms with E-state index in [4.69, 9.17) is 5.73 Å². The first-order valence-electron chi connectivity index (χ1n) is 8.24. The van der Waals surface area contributed by atoms with Crippen molar-refractivity contribution in [1.29, 1.82) is 0 Å². The summed E-state index contributed by atoms with van der Waals surface area (Å²) in [6, 6.07) is 0. The van der Waals surface area contributed by atoms with Crippen LogP contribution in [0, 0.1) is 5.92 Å². The summed E-state index contributed by atoms with van der Waals surface area (Å²) >= 11 is 0. The van der Waals surface area contributed by atoms with Crippen molar-refractivity contribution in [3.63, 3.8) is 0 Å². The van der Waals surface area contributed by atoms with E-state index < -0.39 is 0 Å². The molecule has 0 radical (unpaired) electrons. The van der Waals surface area contributed by atoms with Crippen LogP contribution in [0.1, 0.15) is 36.3 Å². The maximum Gasteiger partial charge on any atom is 0.234 e. The number of fused-ring (bicyclic) bond motifs is 1. The van der Waals surface area contributed by atoms with Crippen LogP contribution in [-0.2, 0) is 29.0 Å². The predicted octanol–water partition coefficient (Wildman–Crippen LogP) is -0.221. The first-order valence-corrected chi connectivity index (χ1v) is 8.24. The van der Waals surface area contributed by atoms with Gasteiger partial charge in [0, 0.05) is 17.8 Å². The average Bonchev–Trinajstić information content (AvgIpc) is 3.01. The molecule has 0 aromatic carbocycles. The van der Waals surface area contributed by atoms with Gasteiger partial charge < -0.3 is 11.1 Å². The number of nitrogens with one attached hydrogen (secondary N) is 1. The van der Waals surface area contributed by atoms with Gasteiger partial charge in [0.25, 0.3) is 0 Å². The van der Waals surface area contributed by atoms with Crippen molar-refractivity contribution >= 4 is 11.8 Å². The number of amides is 2. The molecule has 7 heteroatoms. The Bertz CT molecular complexity index is 596. The number of nitrogens with two attached hydrogens (primary N) is 1. The molecule has 2 heterocycles. The highest BCUT2D eigenvalue weighted by molar-refractivity contribution is 5.78. The molecule has 0 atom stereocenters. The van der Waals surface area contributed by atoms with Gasteiger partial charge in [0.1, 0.15) is 5.82 Å². The van der Waals surface area contributed by atoms with Crippen LogP contribution >= 0.6 is 0 Å². The quantitative estimate of drug-likeness (QED) is 0.782. The Morgan fingerprint density at radius 1 is 1.30 bits per heavy atom. The Morgan fingerprint density at radius 2 is 2.09 bits per heavy atom. The van der Waals surface area contributed by atoms with Crippen molar-refractivity contribution in [2.75, 3.05) is 19.6 Å². The van der Waals surface area contributed by atoms with E-state index in [0.717, 1.165) is 50.9 Å². The number of carbonyl (C=O) groups excluding carboxylic acids is 2. The number of nitrogens with zero attached hydrogens (tertiary/aromatic N) is 3. The van der Waals surface area contributed by atoms with Gasteiger partial charge >= 0.3 is 0 Å². The molecule has 23 heavy (non-hydrogen) atoms. The Balaban J connectivity index is 1.42. The van der Waals surface area contributed by atoms with E-state index in [1.54, 1.807) is 0 Å². The molecule has 7 nitrogen and oxygen atoms in total. The number of aromatic nitrogens is 2. The SMILES string of the molecule is NC(=O)C1CCN(CC(=O)NCc2ncc3c(n2)CCC3)CC1. The number of likely N-dealkylation sites (tertiary alicyclic amines) is 1. The lowest BCUT2D eigenvalue weighted by atomic mass is 9.96. The van der Waals surface area contributed by atoms with Crippen LogP contribution in [0.2, 0.25) is 0 Å². The van der Waals surface area contributed by atoms with Gasteiger partial charge in [-0.15, -0.1) is 0 Å². The van der Waals surface area contributed by atoms with E-state index in [9.17, 15) is 9.59 Å². The number of hydrogen-bond donors (Lipinski definition) is 2. The molecule has 0 bridgehead atoms. The van der Waals surface area contributed by atoms with E-state index in [1.807, 2.05) is 6.20 Å². The van der Waals surface area contributed by atoms with Gasteiger partial charge in [-0.3, -0.25) is 14.5 Å². The maximum absolute atomic E-state index is 12.0. The fourth-order valence-corrected chi connectivity index (χ4v) is 3.25. The lowest BCUT2D eigenvalue weighted by Crippen LogP contribution is -2.43. The summed E-state index contributed by atoms with van der Waals surface area (Å²) in [7, 11) is 0. The lowest BCUT2D eigenvalue weighted by Gasteiger charge is -2.29. The second kappa shape index (κ2) is 7.04. The van der Waals surface area contributed by atoms with Crippen LogP contribution in [-0.4, -0.2) is 46.3 Å². The van der Waals surface area contributed by atoms with E-state index in [2.05, 4.69) is 20.2 Å². The molecule has 0 unspecified atom stereocenters. The third-order valence-electron chi connectivity index (χ3n) is 4.66. The largest absolute Gasteiger partial charge is 0.369 e. The third kappa shape index (κ3) is 4.04. The van der Waals surface area contributed by atoms with Gasteiger partial charge in [0.2, 0.25) is 11.8 Å². The van der Waals surface area contributed by atoms with Crippen molar-refractivity contribution in [1.82, 2.24) is 20.2 Å². The summed E-state index contributed by atoms with van der Waals surface area (Å²) in [5, 5.41) is 2.87. The minimum Gasteiger partial charge on any atom is -0.369 e. The monoisotopic (exact) mass is 317 g/mol. The van der Waals surface area contributed by atoms with Crippen molar-refractivity contribution in [3.05, 3.63) is 23.3 Å². The van der Waals surface area contributed by atoms with Crippen LogP contribution in [0.15, 0.2) is 6.20 Å². The number of primary amides is 1. The Kier molecular flexibility index (Phi) is 4.85. The molecule has 1 fully saturated rings. The van der Waals surface area contributed by atoms with Crippen molar-refractivity contribution < 1.29 is 9.59 Å². The number of piperidine rings is 1. The van der Waals surface area contributed by atoms with Gasteiger partial charge in [-0.1, -0.05) is 0 Å². The second-order valence-electron chi connectivity index (χ2n) is 6.34. The highest BCUT2D eigenvalue weighted by atomic mass is 16.2. The molecule has 0 spiro atoms. The first kappa shape index (κ1) is 15.9. The standard InChI is InChI=1S/C16H23N5O2/c17-16(23)11-4-6-21(7-5-11)10-15(22)19-9-14-18-8-12-2-1-3-13(12)20-14/h8,11H,1-7,9-10H2,(H2,17,23)(H,19,22). The van der Waals surface area contributed by atoms with Crippen molar-refractivity contribution in [3.8, 4) is 0 Å². The number of hydrogen-bond acceptors (Lipinski definition) is 5. The molecule has 1 aromatic heterocycles. The molecular weight excluding hydrogens is 294 g/mol. The van der Waals surface area contributed by atoms with Crippen LogP contribution in [0.25, 0.3) is 0 Å². The zero-order valence-corrected chi connectivity index (χ0v) is 13.3. The van der Waals surface area contributed by atoms with Crippen LogP contribution in [0.5, 0.6) is 0 Å². The highest BCUT2D eigenvalue weighted by Crippen LogP contribution is 2.18. The summed E-state index contributed by atoms with van der Waals surface area (Å²) in [4.78, 5) is 34.0. The molecule has 1 saturated heterocycles. The third-order valence-corrected chi connectivity index (χ3v) is 4.66. The molecule has 0 saturated carbocycles. The molecule has 3 N–H and O–H groups in total. The van der Waals surface area contributed by atoms with Gasteiger partial charge in [0.15, 0.2) is 0 Å². The average molecular weight is 317 g/mol. The minimum atomic E-state index is -0.233. The summed E-state index contributed by atoms with van der Waals surface area (Å²) in [6.45, 7) is 2.17. The molecular formula is C16H23N5O2. The maximum atomic E-state index is 12.0. The fraction of sp³-hybridized carbons (Fsp3) is 0.625. The molecule has 1 aromatic rings. The van der Waals surface area contributed by atoms with Gasteiger partial charge in [0.05, 0.1) is 13.1 Å². The van der Waals surface area contributed by atoms with Gasteiger partial charge in [-0.2, -0.15) is 0 Å². The topological polar surface area (TPSA) is 101 Å². The highest BCUT2D eigenvalue weighted by Gasteiger charge is 2.24. The van der Waals surface area contributed by atoms with Crippen molar-refractivity contribution in [2.24, 2.45) is 11.7 Å². The Morgan fingerprint density at radius 3 is 2.83 bits per heavy atom. The fourth-order valence-electron chi connectivity index (χ4n) is 3.25. The molecule has 2 aliphatic rings. The number of rotatable bonds is 5. The summed E-state index contributed by atoms with van der Waals surface area (Å²) in [6.07, 6.45) is 6.55. The summed E-state index contributed by atoms with van der Waals surface area (Å²) < 4.78 is 0. The Hall–Kier alpha value is -2.02. The Labute approximate surface area is 135 Å². The summed E-state index contributed by atoms with van der Waals surface area (Å²) in [5.74, 6) is 0.357. The van der Waals surface area contributed by atoms with E-state index in [1.165, 1.54) is 5.56 Å². The van der Waals surface area contributed by atoms with Crippen LogP contribution in [0.4, 0.5) is 0 Å². The molecule has 2 amide bonds. The second-order valence-corrected chi connectivity index (χ2v) is 6.34. The van der Waals surface area contributed by atoms with E-state index >= 15 is 0 Å². The minimum absolute atomic E-state index is 0.0355. The first-order chi connectivity index (χ1) is 11.1. The molecule has 1 aliphatic carbocycles. The van der Waals surface area contributed by atoms with E-state index in [-0.39, 0.29) is 17.7 Å². The van der Waals surface area contributed by atoms with Crippen molar-refractivity contribution in [2.45, 2.75) is 38.6 Å².